The van der Waals surface area contributed by atoms with Gasteiger partial charge in [0.15, 0.2) is 7.00 Å². The second-order valence-electron chi connectivity index (χ2n) is 1.28. The van der Waals surface area contributed by atoms with Crippen LogP contribution in [0.2, 0.25) is 6.32 Å². The molecule has 0 fully saturated rings. The van der Waals surface area contributed by atoms with Crippen molar-refractivity contribution in [1.29, 1.82) is 0 Å². The Balaban J connectivity index is 2.56. The van der Waals surface area contributed by atoms with Crippen molar-refractivity contribution in [1.82, 2.24) is 0 Å². The second-order valence-corrected chi connectivity index (χ2v) is 2.25. The van der Waals surface area contributed by atoms with Crippen LogP contribution in [0.4, 0.5) is 0 Å². The third kappa shape index (κ3) is 6.16. The number of rotatable bonds is 4. The molecule has 0 aromatic heterocycles. The molecule has 0 spiro atoms. The second kappa shape index (κ2) is 6.16. The summed E-state index contributed by atoms with van der Waals surface area (Å²) in [4.78, 5) is 9.66. The van der Waals surface area contributed by atoms with Crippen molar-refractivity contribution < 1.29 is 4.79 Å². The first-order chi connectivity index (χ1) is 3.41. The van der Waals surface area contributed by atoms with Gasteiger partial charge in [0.25, 0.3) is 0 Å². The zero-order chi connectivity index (χ0) is 5.54. The molecule has 0 aliphatic heterocycles. The molecule has 0 saturated carbocycles. The Morgan fingerprint density at radius 2 is 2.57 bits per heavy atom. The summed E-state index contributed by atoms with van der Waals surface area (Å²) < 4.78 is 0. The smallest absolute Gasteiger partial charge is 0.151 e. The van der Waals surface area contributed by atoms with Crippen LogP contribution in [-0.4, -0.2) is 13.0 Å². The number of carbonyl (C=O) groups excluding carboxylic acids is 1. The lowest BCUT2D eigenvalue weighted by atomic mass is 10.0. The number of hydrogen-bond acceptors (Lipinski definition) is 1. The standard InChI is InChI=1S/C4H9BOP/c1-2-3-5-7-4-6/h4,7H,2-3H2,1H3. The van der Waals surface area contributed by atoms with Gasteiger partial charge in [0, 0.05) is 0 Å². The Morgan fingerprint density at radius 1 is 1.86 bits per heavy atom. The Labute approximate surface area is 46.9 Å². The average molecular weight is 115 g/mol. The zero-order valence-electron chi connectivity index (χ0n) is 4.48. The predicted octanol–water partition coefficient (Wildman–Crippen LogP) is 1.30. The van der Waals surface area contributed by atoms with E-state index in [2.05, 4.69) is 6.92 Å². The lowest BCUT2D eigenvalue weighted by molar-refractivity contribution is 0.570. The van der Waals surface area contributed by atoms with Gasteiger partial charge in [-0.3, -0.25) is 4.79 Å². The summed E-state index contributed by atoms with van der Waals surface area (Å²) in [5, 5.41) is 0. The van der Waals surface area contributed by atoms with E-state index in [1.807, 2.05) is 7.00 Å². The largest absolute Gasteiger partial charge is 0.299 e. The van der Waals surface area contributed by atoms with Crippen LogP contribution in [0, 0.1) is 0 Å². The molecule has 0 rings (SSSR count). The molecular weight excluding hydrogens is 106 g/mol. The van der Waals surface area contributed by atoms with Crippen molar-refractivity contribution in [2.45, 2.75) is 19.7 Å². The molecule has 39 valence electrons. The summed E-state index contributed by atoms with van der Waals surface area (Å²) in [6.07, 6.45) is 2.23. The molecule has 0 aliphatic rings. The van der Waals surface area contributed by atoms with E-state index in [-0.39, 0.29) is 0 Å². The number of hydrogen-bond donors (Lipinski definition) is 0. The minimum absolute atomic E-state index is 0.416. The van der Waals surface area contributed by atoms with Gasteiger partial charge in [-0.15, -0.1) is 0 Å². The molecule has 0 saturated heterocycles. The van der Waals surface area contributed by atoms with E-state index in [0.717, 1.165) is 18.8 Å². The van der Waals surface area contributed by atoms with Crippen molar-refractivity contribution in [2.24, 2.45) is 0 Å². The van der Waals surface area contributed by atoms with Gasteiger partial charge in [0.1, 0.15) is 6.03 Å². The fourth-order valence-corrected chi connectivity index (χ4v) is 0.827. The first-order valence-corrected chi connectivity index (χ1v) is 3.58. The van der Waals surface area contributed by atoms with Crippen molar-refractivity contribution in [3.63, 3.8) is 0 Å². The van der Waals surface area contributed by atoms with E-state index in [1.54, 1.807) is 0 Å². The summed E-state index contributed by atoms with van der Waals surface area (Å²) in [6, 6.07) is 0.954. The van der Waals surface area contributed by atoms with Crippen molar-refractivity contribution in [3.8, 4) is 0 Å². The van der Waals surface area contributed by atoms with Gasteiger partial charge in [0.05, 0.1) is 0 Å². The molecule has 0 amide bonds. The van der Waals surface area contributed by atoms with E-state index in [9.17, 15) is 4.79 Å². The summed E-state index contributed by atoms with van der Waals surface area (Å²) in [6.45, 7) is 4.12. The lowest BCUT2D eigenvalue weighted by Gasteiger charge is -1.83. The minimum Gasteiger partial charge on any atom is -0.299 e. The van der Waals surface area contributed by atoms with Gasteiger partial charge in [-0.05, 0) is 0 Å². The zero-order valence-corrected chi connectivity index (χ0v) is 5.48. The third-order valence-corrected chi connectivity index (χ3v) is 1.28. The SMILES string of the molecule is CCC[B]PC=O. The molecule has 3 heteroatoms. The summed E-state index contributed by atoms with van der Waals surface area (Å²) in [5.41, 5.74) is 0. The Hall–Kier alpha value is 0.165. The van der Waals surface area contributed by atoms with Gasteiger partial charge in [-0.1, -0.05) is 28.1 Å². The molecule has 7 heavy (non-hydrogen) atoms. The fourth-order valence-electron chi connectivity index (χ4n) is 0.276. The van der Waals surface area contributed by atoms with Crippen molar-refractivity contribution in [3.05, 3.63) is 0 Å². The maximum atomic E-state index is 9.66. The maximum absolute atomic E-state index is 9.66. The predicted molar refractivity (Wildman–Crippen MR) is 35.9 cm³/mol. The highest BCUT2D eigenvalue weighted by Crippen LogP contribution is 2.03. The number of carbonyl (C=O) groups is 1. The van der Waals surface area contributed by atoms with Crippen LogP contribution in [0.15, 0.2) is 0 Å². The molecule has 0 heterocycles. The highest BCUT2D eigenvalue weighted by molar-refractivity contribution is 7.82. The van der Waals surface area contributed by atoms with Gasteiger partial charge in [0.2, 0.25) is 0 Å². The van der Waals surface area contributed by atoms with Crippen LogP contribution >= 0.6 is 8.46 Å². The summed E-state index contributed by atoms with van der Waals surface area (Å²) in [7, 11) is 0.416. The molecule has 1 unspecified atom stereocenters. The Kier molecular flexibility index (Phi) is 6.31. The topological polar surface area (TPSA) is 17.1 Å². The highest BCUT2D eigenvalue weighted by Gasteiger charge is 1.83. The minimum atomic E-state index is 0.416. The first-order valence-electron chi connectivity index (χ1n) is 2.43. The van der Waals surface area contributed by atoms with Crippen LogP contribution in [-0.2, 0) is 4.79 Å². The van der Waals surface area contributed by atoms with Crippen LogP contribution in [0.5, 0.6) is 0 Å². The van der Waals surface area contributed by atoms with Gasteiger partial charge < -0.3 is 0 Å². The van der Waals surface area contributed by atoms with Crippen LogP contribution in [0.25, 0.3) is 0 Å². The molecule has 1 atom stereocenters. The molecule has 0 aromatic carbocycles. The highest BCUT2D eigenvalue weighted by atomic mass is 31.1. The third-order valence-electron chi connectivity index (χ3n) is 0.619. The average Bonchev–Trinajstić information content (AvgIpc) is 1.69. The first kappa shape index (κ1) is 7.16. The molecule has 0 aromatic rings. The van der Waals surface area contributed by atoms with Crippen LogP contribution < -0.4 is 0 Å². The summed E-state index contributed by atoms with van der Waals surface area (Å²) in [5.74, 6) is 0. The van der Waals surface area contributed by atoms with E-state index in [0.29, 0.717) is 8.46 Å². The van der Waals surface area contributed by atoms with Crippen molar-refractivity contribution in [2.75, 3.05) is 0 Å². The monoisotopic (exact) mass is 115 g/mol. The molecule has 1 radical (unpaired) electrons. The van der Waals surface area contributed by atoms with Crippen LogP contribution in [0.1, 0.15) is 13.3 Å². The van der Waals surface area contributed by atoms with E-state index in [1.165, 1.54) is 0 Å². The summed E-state index contributed by atoms with van der Waals surface area (Å²) >= 11 is 0. The molecular formula is C4H9BOP. The van der Waals surface area contributed by atoms with Gasteiger partial charge in [-0.2, -0.15) is 0 Å². The normalized spacial score (nSPS) is 9.86. The van der Waals surface area contributed by atoms with Gasteiger partial charge >= 0.3 is 0 Å². The molecule has 1 nitrogen and oxygen atoms in total. The van der Waals surface area contributed by atoms with Crippen LogP contribution in [0.3, 0.4) is 0 Å². The van der Waals surface area contributed by atoms with E-state index < -0.39 is 0 Å². The molecule has 0 bridgehead atoms. The Bertz CT molecular complexity index is 49.0. The fraction of sp³-hybridized carbons (Fsp3) is 0.750. The Morgan fingerprint density at radius 3 is 3.00 bits per heavy atom. The lowest BCUT2D eigenvalue weighted by Crippen LogP contribution is -1.75. The maximum Gasteiger partial charge on any atom is 0.151 e. The van der Waals surface area contributed by atoms with Gasteiger partial charge in [-0.25, -0.2) is 0 Å². The van der Waals surface area contributed by atoms with E-state index >= 15 is 0 Å². The quantitative estimate of drug-likeness (QED) is 0.233. The van der Waals surface area contributed by atoms with Crippen molar-refractivity contribution >= 4 is 21.5 Å². The van der Waals surface area contributed by atoms with E-state index in [4.69, 9.17) is 0 Å². The molecule has 0 aliphatic carbocycles. The molecule has 0 N–H and O–H groups in total.